The van der Waals surface area contributed by atoms with Crippen LogP contribution in [0, 0.1) is 5.82 Å². The van der Waals surface area contributed by atoms with E-state index in [9.17, 15) is 22.4 Å². The van der Waals surface area contributed by atoms with Crippen LogP contribution in [0.2, 0.25) is 0 Å². The minimum atomic E-state index is -4.39. The van der Waals surface area contributed by atoms with Crippen molar-refractivity contribution in [2.45, 2.75) is 37.7 Å². The third-order valence-electron chi connectivity index (χ3n) is 4.98. The van der Waals surface area contributed by atoms with Crippen LogP contribution in [0.3, 0.4) is 0 Å². The lowest BCUT2D eigenvalue weighted by molar-refractivity contribution is -0.137. The van der Waals surface area contributed by atoms with Gasteiger partial charge in [-0.3, -0.25) is 0 Å². The number of halogens is 4. The maximum Gasteiger partial charge on any atom is 0.511 e. The lowest BCUT2D eigenvalue weighted by Gasteiger charge is -2.31. The van der Waals surface area contributed by atoms with Gasteiger partial charge in [0.15, 0.2) is 5.76 Å². The fourth-order valence-corrected chi connectivity index (χ4v) is 4.50. The lowest BCUT2D eigenvalue weighted by atomic mass is 10.1. The molecule has 0 bridgehead atoms. The number of carbonyl (C=O) groups is 1. The Bertz CT molecular complexity index is 1030. The number of aryl methyl sites for hydroxylation is 1. The number of benzene rings is 2. The molecule has 2 aromatic carbocycles. The van der Waals surface area contributed by atoms with Crippen LogP contribution < -0.4 is 0 Å². The van der Waals surface area contributed by atoms with Crippen molar-refractivity contribution in [1.82, 2.24) is 4.90 Å². The third-order valence-corrected chi connectivity index (χ3v) is 6.30. The van der Waals surface area contributed by atoms with Crippen LogP contribution >= 0.6 is 11.8 Å². The highest BCUT2D eigenvalue weighted by molar-refractivity contribution is 8.03. The fourth-order valence-electron chi connectivity index (χ4n) is 3.37. The molecule has 33 heavy (non-hydrogen) atoms. The van der Waals surface area contributed by atoms with E-state index in [4.69, 9.17) is 9.84 Å². The molecular formula is C24H23F4NO3S. The molecule has 0 saturated carbocycles. The first-order valence-electron chi connectivity index (χ1n) is 10.3. The van der Waals surface area contributed by atoms with Crippen molar-refractivity contribution >= 4 is 17.9 Å². The lowest BCUT2D eigenvalue weighted by Crippen LogP contribution is -2.27. The van der Waals surface area contributed by atoms with E-state index in [1.54, 1.807) is 30.4 Å². The van der Waals surface area contributed by atoms with E-state index < -0.39 is 17.9 Å². The molecule has 2 aromatic rings. The molecule has 0 aromatic heterocycles. The number of thioether (sulfide) groups is 1. The van der Waals surface area contributed by atoms with Crippen LogP contribution in [0.1, 0.15) is 30.0 Å². The Hall–Kier alpha value is -2.94. The van der Waals surface area contributed by atoms with Crippen molar-refractivity contribution in [2.24, 2.45) is 0 Å². The quantitative estimate of drug-likeness (QED) is 0.331. The van der Waals surface area contributed by atoms with Crippen molar-refractivity contribution in [3.63, 3.8) is 0 Å². The minimum Gasteiger partial charge on any atom is -0.449 e. The van der Waals surface area contributed by atoms with Gasteiger partial charge < -0.3 is 14.7 Å². The van der Waals surface area contributed by atoms with Crippen LogP contribution in [-0.2, 0) is 23.9 Å². The number of carboxylic acid groups (broad SMARTS) is 1. The summed E-state index contributed by atoms with van der Waals surface area (Å²) in [6.07, 6.45) is -1.44. The Kier molecular flexibility index (Phi) is 8.07. The summed E-state index contributed by atoms with van der Waals surface area (Å²) in [5.74, 6) is -0.160. The first-order valence-corrected chi connectivity index (χ1v) is 11.1. The number of alkyl halides is 3. The molecule has 0 saturated heterocycles. The number of nitrogens with zero attached hydrogens (tertiary/aromatic N) is 1. The van der Waals surface area contributed by atoms with Crippen molar-refractivity contribution < 1.29 is 32.2 Å². The Morgan fingerprint density at radius 3 is 2.58 bits per heavy atom. The minimum absolute atomic E-state index is 0.0378. The van der Waals surface area contributed by atoms with Crippen molar-refractivity contribution in [3.05, 3.63) is 94.0 Å². The fraction of sp³-hybridized carbons (Fsp3) is 0.292. The Labute approximate surface area is 193 Å². The van der Waals surface area contributed by atoms with Gasteiger partial charge in [0.05, 0.1) is 5.56 Å². The predicted octanol–water partition coefficient (Wildman–Crippen LogP) is 6.83. The summed E-state index contributed by atoms with van der Waals surface area (Å²) in [5.41, 5.74) is 0.749. The molecule has 1 atom stereocenters. The largest absolute Gasteiger partial charge is 0.511 e. The molecule has 0 fully saturated rings. The normalized spacial score (nSPS) is 15.0. The molecule has 0 radical (unpaired) electrons. The van der Waals surface area contributed by atoms with E-state index in [-0.39, 0.29) is 16.8 Å². The zero-order valence-corrected chi connectivity index (χ0v) is 18.6. The third kappa shape index (κ3) is 7.28. The summed E-state index contributed by atoms with van der Waals surface area (Å²) in [5, 5.41) is 9.69. The van der Waals surface area contributed by atoms with Crippen LogP contribution in [0.4, 0.5) is 22.4 Å². The van der Waals surface area contributed by atoms with Crippen LogP contribution in [0.25, 0.3) is 0 Å². The summed E-state index contributed by atoms with van der Waals surface area (Å²) in [7, 11) is 0. The summed E-state index contributed by atoms with van der Waals surface area (Å²) in [6, 6.07) is 11.3. The second-order valence-electron chi connectivity index (χ2n) is 7.61. The molecular weight excluding hydrogens is 458 g/mol. The topological polar surface area (TPSA) is 49.8 Å². The number of rotatable bonds is 8. The molecule has 1 aliphatic heterocycles. The Balaban J connectivity index is 1.72. The van der Waals surface area contributed by atoms with Gasteiger partial charge in [0.1, 0.15) is 10.8 Å². The van der Waals surface area contributed by atoms with E-state index in [2.05, 4.69) is 0 Å². The van der Waals surface area contributed by atoms with Gasteiger partial charge in [-0.15, -0.1) is 11.8 Å². The standard InChI is InChI=1S/C24H23F4NO3S/c1-16(7-8-17-4-2-5-19(14-17)24(26,27)28)33-22-21(32-23(30)31)6-3-13-29(22)15-18-9-11-20(25)12-10-18/h2-6,9-12,14,16H,7-8,13,15H2,1H3,(H,30,31). The van der Waals surface area contributed by atoms with Gasteiger partial charge >= 0.3 is 12.3 Å². The van der Waals surface area contributed by atoms with Gasteiger partial charge in [0, 0.05) is 18.3 Å². The predicted molar refractivity (Wildman–Crippen MR) is 119 cm³/mol. The number of ether oxygens (including phenoxy) is 1. The Morgan fingerprint density at radius 2 is 1.91 bits per heavy atom. The number of hydrogen-bond acceptors (Lipinski definition) is 4. The molecule has 176 valence electrons. The summed E-state index contributed by atoms with van der Waals surface area (Å²) >= 11 is 1.40. The smallest absolute Gasteiger partial charge is 0.449 e. The molecule has 9 heteroatoms. The highest BCUT2D eigenvalue weighted by atomic mass is 32.2. The highest BCUT2D eigenvalue weighted by Gasteiger charge is 2.30. The van der Waals surface area contributed by atoms with E-state index in [0.717, 1.165) is 17.7 Å². The van der Waals surface area contributed by atoms with Crippen molar-refractivity contribution in [3.8, 4) is 0 Å². The second-order valence-corrected chi connectivity index (χ2v) is 9.04. The summed E-state index contributed by atoms with van der Waals surface area (Å²) in [6.45, 7) is 2.85. The van der Waals surface area contributed by atoms with Gasteiger partial charge in [-0.1, -0.05) is 43.3 Å². The monoisotopic (exact) mass is 481 g/mol. The first-order chi connectivity index (χ1) is 15.6. The maximum absolute atomic E-state index is 13.2. The molecule has 0 aliphatic carbocycles. The molecule has 0 spiro atoms. The van der Waals surface area contributed by atoms with Gasteiger partial charge in [0.2, 0.25) is 0 Å². The second kappa shape index (κ2) is 10.8. The van der Waals surface area contributed by atoms with Crippen molar-refractivity contribution in [2.75, 3.05) is 6.54 Å². The van der Waals surface area contributed by atoms with Crippen LogP contribution in [-0.4, -0.2) is 28.0 Å². The van der Waals surface area contributed by atoms with Crippen LogP contribution in [0.15, 0.2) is 71.5 Å². The molecule has 1 aliphatic rings. The number of hydrogen-bond donors (Lipinski definition) is 1. The Morgan fingerprint density at radius 1 is 1.18 bits per heavy atom. The van der Waals surface area contributed by atoms with E-state index in [1.807, 2.05) is 11.8 Å². The summed E-state index contributed by atoms with van der Waals surface area (Å²) < 4.78 is 57.1. The molecule has 1 N–H and O–H groups in total. The van der Waals surface area contributed by atoms with Gasteiger partial charge in [-0.2, -0.15) is 13.2 Å². The molecule has 0 amide bonds. The zero-order valence-electron chi connectivity index (χ0n) is 17.8. The highest BCUT2D eigenvalue weighted by Crippen LogP contribution is 2.35. The van der Waals surface area contributed by atoms with Gasteiger partial charge in [-0.25, -0.2) is 9.18 Å². The average Bonchev–Trinajstić information content (AvgIpc) is 2.75. The maximum atomic E-state index is 13.2. The average molecular weight is 482 g/mol. The summed E-state index contributed by atoms with van der Waals surface area (Å²) in [4.78, 5) is 13.1. The van der Waals surface area contributed by atoms with E-state index >= 15 is 0 Å². The van der Waals surface area contributed by atoms with Gasteiger partial charge in [0.25, 0.3) is 0 Å². The van der Waals surface area contributed by atoms with E-state index in [1.165, 1.54) is 30.0 Å². The molecule has 4 nitrogen and oxygen atoms in total. The van der Waals surface area contributed by atoms with Crippen molar-refractivity contribution in [1.29, 1.82) is 0 Å². The van der Waals surface area contributed by atoms with E-state index in [0.29, 0.717) is 36.5 Å². The number of allylic oxidation sites excluding steroid dienone is 1. The SMILES string of the molecule is CC(CCc1cccc(C(F)(F)F)c1)SC1=C(OC(=O)O)C=CCN1Cc1ccc(F)cc1. The molecule has 1 unspecified atom stereocenters. The molecule has 1 heterocycles. The molecule has 3 rings (SSSR count). The first kappa shape index (κ1) is 24.7. The zero-order chi connectivity index (χ0) is 24.0. The van der Waals surface area contributed by atoms with Crippen LogP contribution in [0.5, 0.6) is 0 Å². The van der Waals surface area contributed by atoms with Gasteiger partial charge in [-0.05, 0) is 48.2 Å².